The van der Waals surface area contributed by atoms with E-state index >= 15 is 0 Å². The van der Waals surface area contributed by atoms with E-state index in [1.165, 1.54) is 0 Å². The molecule has 0 bridgehead atoms. The van der Waals surface area contributed by atoms with Gasteiger partial charge in [-0.25, -0.2) is 0 Å². The number of hydrogen-bond donors (Lipinski definition) is 3. The highest BCUT2D eigenvalue weighted by atomic mass is 32.1. The maximum Gasteiger partial charge on any atom is 0.132 e. The quantitative estimate of drug-likeness (QED) is 0.445. The van der Waals surface area contributed by atoms with Crippen LogP contribution in [0.15, 0.2) is 0 Å². The summed E-state index contributed by atoms with van der Waals surface area (Å²) < 4.78 is 5.19. The van der Waals surface area contributed by atoms with Crippen molar-refractivity contribution in [3.63, 3.8) is 0 Å². The Morgan fingerprint density at radius 1 is 1.47 bits per heavy atom. The summed E-state index contributed by atoms with van der Waals surface area (Å²) in [5.41, 5.74) is 0. The molecule has 0 fully saturated rings. The van der Waals surface area contributed by atoms with Crippen molar-refractivity contribution in [1.29, 1.82) is 0 Å². The van der Waals surface area contributed by atoms with Crippen LogP contribution in [-0.4, -0.2) is 48.9 Å². The van der Waals surface area contributed by atoms with Gasteiger partial charge in [0.15, 0.2) is 0 Å². The number of aliphatic hydroxyl groups is 2. The molecule has 0 saturated carbocycles. The Morgan fingerprint density at radius 3 is 2.60 bits per heavy atom. The van der Waals surface area contributed by atoms with Crippen molar-refractivity contribution in [1.82, 2.24) is 0 Å². The predicted octanol–water partition coefficient (Wildman–Crippen LogP) is 1.04. The maximum atomic E-state index is 9.70. The summed E-state index contributed by atoms with van der Waals surface area (Å²) >= 11 is 4.40. The van der Waals surface area contributed by atoms with Crippen LogP contribution in [0.5, 0.6) is 0 Å². The zero-order valence-corrected chi connectivity index (χ0v) is 11.3. The lowest BCUT2D eigenvalue weighted by Crippen LogP contribution is -2.32. The Kier molecular flexibility index (Phi) is 9.49. The standard InChI is InChI=1S/C10H21O3SSi/c1-3-5-6-9(14)15-10(12)8(7-11)13-4-2/h8-9,11-12,14H,3-7H2,1-2H3. The van der Waals surface area contributed by atoms with E-state index in [-0.39, 0.29) is 26.0 Å². The predicted molar refractivity (Wildman–Crippen MR) is 67.5 cm³/mol. The molecule has 2 unspecified atom stereocenters. The van der Waals surface area contributed by atoms with Crippen LogP contribution in [0.3, 0.4) is 0 Å². The van der Waals surface area contributed by atoms with Crippen LogP contribution in [0.1, 0.15) is 33.1 Å². The second kappa shape index (κ2) is 9.39. The maximum absolute atomic E-state index is 9.70. The molecular weight excluding hydrogens is 228 g/mol. The molecule has 1 radical (unpaired) electrons. The lowest BCUT2D eigenvalue weighted by Gasteiger charge is -2.14. The number of rotatable bonds is 8. The first-order valence-electron chi connectivity index (χ1n) is 5.38. The Labute approximate surface area is 99.7 Å². The molecule has 2 atom stereocenters. The van der Waals surface area contributed by atoms with E-state index in [2.05, 4.69) is 19.6 Å². The summed E-state index contributed by atoms with van der Waals surface area (Å²) in [5.74, 6) is 0. The third-order valence-electron chi connectivity index (χ3n) is 1.98. The third kappa shape index (κ3) is 7.11. The van der Waals surface area contributed by atoms with E-state index in [1.54, 1.807) is 0 Å². The second-order valence-corrected chi connectivity index (χ2v) is 5.92. The fourth-order valence-corrected chi connectivity index (χ4v) is 2.78. The van der Waals surface area contributed by atoms with Crippen LogP contribution in [0.25, 0.3) is 0 Å². The largest absolute Gasteiger partial charge is 0.515 e. The molecule has 0 saturated heterocycles. The molecule has 0 amide bonds. The van der Waals surface area contributed by atoms with Gasteiger partial charge in [0, 0.05) is 11.5 Å². The third-order valence-corrected chi connectivity index (χ3v) is 3.87. The van der Waals surface area contributed by atoms with Crippen molar-refractivity contribution in [2.75, 3.05) is 13.2 Å². The van der Waals surface area contributed by atoms with Crippen LogP contribution in [0, 0.1) is 0 Å². The second-order valence-electron chi connectivity index (χ2n) is 3.31. The highest BCUT2D eigenvalue weighted by Gasteiger charge is 2.13. The van der Waals surface area contributed by atoms with Gasteiger partial charge in [0.2, 0.25) is 0 Å². The van der Waals surface area contributed by atoms with E-state index < -0.39 is 6.10 Å². The van der Waals surface area contributed by atoms with Crippen LogP contribution >= 0.6 is 12.6 Å². The first-order valence-corrected chi connectivity index (χ1v) is 6.97. The summed E-state index contributed by atoms with van der Waals surface area (Å²) in [6, 6.07) is 0. The lowest BCUT2D eigenvalue weighted by molar-refractivity contribution is 0.0545. The molecule has 89 valence electrons. The average Bonchev–Trinajstić information content (AvgIpc) is 2.22. The molecule has 2 N–H and O–H groups in total. The summed E-state index contributed by atoms with van der Waals surface area (Å²) in [5, 5.41) is 18.9. The number of thiol groups is 1. The first-order chi connectivity index (χ1) is 7.15. The molecule has 0 aliphatic carbocycles. The minimum absolute atomic E-state index is 0.166. The molecule has 0 aliphatic heterocycles. The van der Waals surface area contributed by atoms with E-state index in [9.17, 15) is 5.11 Å². The summed E-state index contributed by atoms with van der Waals surface area (Å²) in [7, 11) is 0.238. The summed E-state index contributed by atoms with van der Waals surface area (Å²) in [6.07, 6.45) is 2.71. The molecule has 0 aromatic rings. The zero-order chi connectivity index (χ0) is 11.7. The topological polar surface area (TPSA) is 49.7 Å². The SMILES string of the molecule is CCCCC(S)[Si]=C(O)C(CO)OCC. The summed E-state index contributed by atoms with van der Waals surface area (Å²) in [4.78, 5) is 0.180. The Hall–Kier alpha value is 0.157. The van der Waals surface area contributed by atoms with Crippen LogP contribution < -0.4 is 0 Å². The number of ether oxygens (including phenoxy) is 1. The fourth-order valence-electron chi connectivity index (χ4n) is 1.15. The van der Waals surface area contributed by atoms with Gasteiger partial charge in [-0.2, -0.15) is 12.6 Å². The van der Waals surface area contributed by atoms with Crippen LogP contribution in [0.2, 0.25) is 0 Å². The van der Waals surface area contributed by atoms with Gasteiger partial charge in [-0.15, -0.1) is 0 Å². The Bertz CT molecular complexity index is 188. The van der Waals surface area contributed by atoms with Crippen molar-refractivity contribution in [2.45, 2.75) is 44.1 Å². The van der Waals surface area contributed by atoms with Crippen molar-refractivity contribution < 1.29 is 14.9 Å². The molecular formula is C10H21O3SSi. The van der Waals surface area contributed by atoms with E-state index in [0.717, 1.165) is 19.3 Å². The minimum atomic E-state index is -0.537. The van der Waals surface area contributed by atoms with Gasteiger partial charge in [-0.05, 0) is 13.3 Å². The molecule has 5 heteroatoms. The molecule has 0 heterocycles. The highest BCUT2D eigenvalue weighted by molar-refractivity contribution is 7.82. The zero-order valence-electron chi connectivity index (χ0n) is 9.44. The Morgan fingerprint density at radius 2 is 2.13 bits per heavy atom. The highest BCUT2D eigenvalue weighted by Crippen LogP contribution is 2.04. The summed E-state index contributed by atoms with van der Waals surface area (Å²) in [6.45, 7) is 4.30. The molecule has 0 aromatic carbocycles. The monoisotopic (exact) mass is 249 g/mol. The van der Waals surface area contributed by atoms with Gasteiger partial charge >= 0.3 is 0 Å². The lowest BCUT2D eigenvalue weighted by atomic mass is 10.3. The van der Waals surface area contributed by atoms with Crippen LogP contribution in [0.4, 0.5) is 0 Å². The number of aliphatic hydroxyl groups excluding tert-OH is 2. The van der Waals surface area contributed by atoms with Crippen molar-refractivity contribution in [3.8, 4) is 0 Å². The van der Waals surface area contributed by atoms with Gasteiger partial charge in [0.05, 0.1) is 21.1 Å². The molecule has 15 heavy (non-hydrogen) atoms. The van der Waals surface area contributed by atoms with Gasteiger partial charge in [0.25, 0.3) is 0 Å². The smallest absolute Gasteiger partial charge is 0.132 e. The number of hydrogen-bond acceptors (Lipinski definition) is 4. The average molecular weight is 249 g/mol. The van der Waals surface area contributed by atoms with Gasteiger partial charge in [0.1, 0.15) is 6.10 Å². The molecule has 0 rings (SSSR count). The van der Waals surface area contributed by atoms with E-state index in [1.807, 2.05) is 6.92 Å². The minimum Gasteiger partial charge on any atom is -0.515 e. The molecule has 3 nitrogen and oxygen atoms in total. The number of unbranched alkanes of at least 4 members (excludes halogenated alkanes) is 1. The van der Waals surface area contributed by atoms with E-state index in [4.69, 9.17) is 9.84 Å². The fraction of sp³-hybridized carbons (Fsp3) is 0.900. The van der Waals surface area contributed by atoms with Crippen molar-refractivity contribution in [2.24, 2.45) is 0 Å². The normalized spacial score (nSPS) is 16.4. The van der Waals surface area contributed by atoms with Gasteiger partial charge in [-0.1, -0.05) is 19.8 Å². The molecule has 0 aromatic heterocycles. The molecule has 0 spiro atoms. The van der Waals surface area contributed by atoms with Gasteiger partial charge < -0.3 is 14.9 Å². The molecule has 0 aliphatic rings. The van der Waals surface area contributed by atoms with Gasteiger partial charge in [-0.3, -0.25) is 0 Å². The Balaban J connectivity index is 4.12. The van der Waals surface area contributed by atoms with Crippen molar-refractivity contribution >= 4 is 27.1 Å². The van der Waals surface area contributed by atoms with Crippen LogP contribution in [-0.2, 0) is 4.74 Å². The van der Waals surface area contributed by atoms with E-state index in [0.29, 0.717) is 6.61 Å². The van der Waals surface area contributed by atoms with Crippen molar-refractivity contribution in [3.05, 3.63) is 0 Å². The first kappa shape index (κ1) is 15.2.